The van der Waals surface area contributed by atoms with E-state index in [0.717, 1.165) is 62.9 Å². The van der Waals surface area contributed by atoms with Crippen LogP contribution in [0.4, 0.5) is 11.4 Å². The van der Waals surface area contributed by atoms with Crippen LogP contribution in [-0.2, 0) is 55.2 Å². The SMILES string of the molecule is COCCCS(=O)(=O)c1ccc2c3c(ccc2c1)[N+](CCCCCC(=O)O)=C(C=CC=CC=C1N(CCOC)c2ccc4cc(S(=O)(=O)O)ccc4c2C1(C)CCCS(=O)(=O)O)C3(C)C. The zero-order valence-electron chi connectivity index (χ0n) is 37.5. The van der Waals surface area contributed by atoms with Crippen LogP contribution in [0.2, 0.25) is 0 Å². The number of carboxylic acids is 1. The van der Waals surface area contributed by atoms with Gasteiger partial charge in [-0.1, -0.05) is 36.4 Å². The zero-order valence-corrected chi connectivity index (χ0v) is 39.9. The Morgan fingerprint density at radius 2 is 1.40 bits per heavy atom. The van der Waals surface area contributed by atoms with Crippen LogP contribution >= 0.6 is 0 Å². The standard InChI is InChI=1S/C48H58N2O12S3/c1-47(2)42(49(26-11-7-10-16-44(51)52)40-23-17-34-32-36(19-21-38(34)45(40)47)63(53,54)30-13-28-61-4)14-8-6-9-15-43-48(3,25-12-31-64(55,56)57)46-39-22-20-37(65(58,59)60)33-35(39)18-24-41(46)50(43)27-29-62-5/h6,8-9,14-15,17-24,32-33H,7,10-13,16,25-31H2,1-5H3,(H2-,51,52,55,56,57,58,59,60)/p+1. The Morgan fingerprint density at radius 1 is 0.738 bits per heavy atom. The van der Waals surface area contributed by atoms with Crippen molar-refractivity contribution in [3.05, 3.63) is 108 Å². The fourth-order valence-electron chi connectivity index (χ4n) is 9.47. The second kappa shape index (κ2) is 20.0. The predicted molar refractivity (Wildman–Crippen MR) is 254 cm³/mol. The van der Waals surface area contributed by atoms with E-state index in [-0.39, 0.29) is 28.4 Å². The van der Waals surface area contributed by atoms with Crippen molar-refractivity contribution in [2.45, 2.75) is 86.3 Å². The quantitative estimate of drug-likeness (QED) is 0.0295. The molecule has 2 heterocycles. The molecule has 1 unspecified atom stereocenters. The molecule has 0 amide bonds. The van der Waals surface area contributed by atoms with Crippen LogP contribution in [0.1, 0.15) is 76.8 Å². The zero-order chi connectivity index (χ0) is 47.4. The molecule has 2 aliphatic rings. The Balaban J connectivity index is 1.40. The molecule has 2 aliphatic heterocycles. The Bertz CT molecular complexity index is 2940. The molecule has 1 atom stereocenters. The number of fused-ring (bicyclic) bond motifs is 6. The number of hydrogen-bond donors (Lipinski definition) is 3. The van der Waals surface area contributed by atoms with Crippen LogP contribution in [-0.4, -0.2) is 108 Å². The van der Waals surface area contributed by atoms with Crippen LogP contribution in [0.25, 0.3) is 21.5 Å². The first kappa shape index (κ1) is 49.7. The lowest BCUT2D eigenvalue weighted by molar-refractivity contribution is -0.438. The van der Waals surface area contributed by atoms with E-state index in [9.17, 15) is 44.3 Å². The Morgan fingerprint density at radius 3 is 2.06 bits per heavy atom. The number of nitrogens with zero attached hydrogens (tertiary/aromatic N) is 2. The summed E-state index contributed by atoms with van der Waals surface area (Å²) in [5, 5.41) is 12.3. The van der Waals surface area contributed by atoms with E-state index in [1.54, 1.807) is 38.5 Å². The van der Waals surface area contributed by atoms with Crippen molar-refractivity contribution in [1.29, 1.82) is 0 Å². The number of hydrogen-bond acceptors (Lipinski definition) is 10. The van der Waals surface area contributed by atoms with Gasteiger partial charge in [-0.3, -0.25) is 13.9 Å². The predicted octanol–water partition coefficient (Wildman–Crippen LogP) is 8.16. The molecule has 3 N–H and O–H groups in total. The number of aliphatic carboxylic acids is 1. The Kier molecular flexibility index (Phi) is 15.3. The summed E-state index contributed by atoms with van der Waals surface area (Å²) >= 11 is 0. The highest BCUT2D eigenvalue weighted by molar-refractivity contribution is 7.91. The lowest BCUT2D eigenvalue weighted by Crippen LogP contribution is -2.31. The summed E-state index contributed by atoms with van der Waals surface area (Å²) in [4.78, 5) is 13.4. The van der Waals surface area contributed by atoms with Crippen LogP contribution in [0.15, 0.2) is 107 Å². The van der Waals surface area contributed by atoms with Crippen molar-refractivity contribution in [2.24, 2.45) is 0 Å². The molecule has 4 aromatic rings. The molecule has 0 fully saturated rings. The van der Waals surface area contributed by atoms with E-state index in [2.05, 4.69) is 29.4 Å². The van der Waals surface area contributed by atoms with Gasteiger partial charge >= 0.3 is 5.97 Å². The minimum absolute atomic E-state index is 0.0197. The van der Waals surface area contributed by atoms with Crippen LogP contribution in [0.3, 0.4) is 0 Å². The number of ether oxygens (including phenoxy) is 2. The van der Waals surface area contributed by atoms with E-state index in [4.69, 9.17) is 9.47 Å². The maximum absolute atomic E-state index is 13.2. The van der Waals surface area contributed by atoms with Crippen molar-refractivity contribution in [3.8, 4) is 0 Å². The molecule has 17 heteroatoms. The van der Waals surface area contributed by atoms with Gasteiger partial charge in [-0.25, -0.2) is 8.42 Å². The fraction of sp³-hybridized carbons (Fsp3) is 0.417. The number of benzene rings is 4. The van der Waals surface area contributed by atoms with Crippen molar-refractivity contribution >= 4 is 74.7 Å². The average molecular weight is 952 g/mol. The normalized spacial score (nSPS) is 18.3. The van der Waals surface area contributed by atoms with Gasteiger partial charge in [0.2, 0.25) is 5.69 Å². The summed E-state index contributed by atoms with van der Waals surface area (Å²) in [6.45, 7) is 8.07. The molecule has 0 saturated heterocycles. The molecule has 0 radical (unpaired) electrons. The van der Waals surface area contributed by atoms with Gasteiger partial charge < -0.3 is 19.5 Å². The number of carboxylic acid groups (broad SMARTS) is 1. The molecule has 65 heavy (non-hydrogen) atoms. The smallest absolute Gasteiger partial charge is 0.303 e. The molecule has 6 rings (SSSR count). The van der Waals surface area contributed by atoms with Gasteiger partial charge in [-0.05, 0) is 122 Å². The van der Waals surface area contributed by atoms with Crippen molar-refractivity contribution in [2.75, 3.05) is 56.9 Å². The lowest BCUT2D eigenvalue weighted by Gasteiger charge is -2.30. The first-order valence-corrected chi connectivity index (χ1v) is 26.3. The highest BCUT2D eigenvalue weighted by atomic mass is 32.2. The van der Waals surface area contributed by atoms with E-state index >= 15 is 0 Å². The summed E-state index contributed by atoms with van der Waals surface area (Å²) in [5.74, 6) is -1.30. The first-order chi connectivity index (χ1) is 30.6. The molecule has 0 aromatic heterocycles. The topological polar surface area (TPSA) is 205 Å². The minimum Gasteiger partial charge on any atom is -0.481 e. The summed E-state index contributed by atoms with van der Waals surface area (Å²) in [7, 11) is -9.12. The van der Waals surface area contributed by atoms with E-state index < -0.39 is 52.6 Å². The van der Waals surface area contributed by atoms with Gasteiger partial charge in [-0.15, -0.1) is 0 Å². The number of anilines is 1. The number of rotatable bonds is 22. The van der Waals surface area contributed by atoms with Gasteiger partial charge in [-0.2, -0.15) is 21.4 Å². The van der Waals surface area contributed by atoms with Gasteiger partial charge in [0.15, 0.2) is 15.5 Å². The molecule has 0 saturated carbocycles. The van der Waals surface area contributed by atoms with E-state index in [1.807, 2.05) is 55.5 Å². The first-order valence-electron chi connectivity index (χ1n) is 21.6. The van der Waals surface area contributed by atoms with Gasteiger partial charge in [0.05, 0.1) is 33.3 Å². The van der Waals surface area contributed by atoms with Crippen molar-refractivity contribution in [3.63, 3.8) is 0 Å². The van der Waals surface area contributed by atoms with Crippen LogP contribution < -0.4 is 4.90 Å². The largest absolute Gasteiger partial charge is 0.481 e. The van der Waals surface area contributed by atoms with Crippen molar-refractivity contribution in [1.82, 2.24) is 0 Å². The fourth-order valence-corrected chi connectivity index (χ4v) is 11.8. The van der Waals surface area contributed by atoms with Crippen LogP contribution in [0, 0.1) is 0 Å². The molecule has 0 spiro atoms. The van der Waals surface area contributed by atoms with E-state index in [0.29, 0.717) is 51.0 Å². The molecule has 0 aliphatic carbocycles. The maximum Gasteiger partial charge on any atom is 0.303 e. The highest BCUT2D eigenvalue weighted by Crippen LogP contribution is 2.53. The third-order valence-electron chi connectivity index (χ3n) is 12.5. The minimum atomic E-state index is -4.48. The molecular weight excluding hydrogens is 893 g/mol. The van der Waals surface area contributed by atoms with Crippen molar-refractivity contribution < 1.29 is 58.3 Å². The average Bonchev–Trinajstić information content (AvgIpc) is 3.60. The maximum atomic E-state index is 13.2. The molecule has 0 bridgehead atoms. The number of sulfone groups is 1. The molecule has 350 valence electrons. The Labute approximate surface area is 382 Å². The third kappa shape index (κ3) is 10.9. The number of allylic oxidation sites excluding steroid dienone is 6. The summed E-state index contributed by atoms with van der Waals surface area (Å²) in [6.07, 6.45) is 12.8. The summed E-state index contributed by atoms with van der Waals surface area (Å²) < 4.78 is 107. The number of unbranched alkanes of at least 4 members (excludes halogenated alkanes) is 2. The number of methoxy groups -OCH3 is 2. The molecule has 14 nitrogen and oxygen atoms in total. The van der Waals surface area contributed by atoms with E-state index in [1.165, 1.54) is 12.1 Å². The lowest BCUT2D eigenvalue weighted by atomic mass is 9.76. The summed E-state index contributed by atoms with van der Waals surface area (Å²) in [6, 6.07) is 17.4. The second-order valence-electron chi connectivity index (χ2n) is 17.4. The number of carbonyl (C=O) groups is 1. The van der Waals surface area contributed by atoms with Gasteiger partial charge in [0, 0.05) is 74.7 Å². The van der Waals surface area contributed by atoms with Gasteiger partial charge in [0.25, 0.3) is 20.2 Å². The highest BCUT2D eigenvalue weighted by Gasteiger charge is 2.46. The summed E-state index contributed by atoms with van der Waals surface area (Å²) in [5.41, 5.74) is 4.25. The van der Waals surface area contributed by atoms with Crippen LogP contribution in [0.5, 0.6) is 0 Å². The van der Waals surface area contributed by atoms with Gasteiger partial charge in [0.1, 0.15) is 6.54 Å². The second-order valence-corrected chi connectivity index (χ2v) is 22.5. The third-order valence-corrected chi connectivity index (χ3v) is 16.0. The molecule has 4 aromatic carbocycles. The molecular formula is C48H59N2O12S3+. The Hall–Kier alpha value is -4.75. The monoisotopic (exact) mass is 951 g/mol.